The molecule has 1 heterocycles. The molecular weight excluding hydrogens is 807 g/mol. The average Bonchev–Trinajstić information content (AvgIpc) is 3.78. The normalized spacial score (nSPS) is 19.1. The summed E-state index contributed by atoms with van der Waals surface area (Å²) in [5.41, 5.74) is 12.9. The van der Waals surface area contributed by atoms with Crippen LogP contribution in [-0.4, -0.2) is 20.5 Å². The van der Waals surface area contributed by atoms with Crippen LogP contribution in [0.1, 0.15) is 54.5 Å². The van der Waals surface area contributed by atoms with Gasteiger partial charge in [-0.25, -0.2) is 0 Å². The molecule has 0 radical (unpaired) electrons. The molecule has 0 saturated carbocycles. The van der Waals surface area contributed by atoms with Crippen molar-refractivity contribution in [3.8, 4) is 0 Å². The van der Waals surface area contributed by atoms with Gasteiger partial charge in [0.25, 0.3) is 5.70 Å². The van der Waals surface area contributed by atoms with Crippen LogP contribution < -0.4 is 9.80 Å². The standard InChI is InChI=1S/C56H47N5O4/c62-60(63)46-24-12-19-42(20-13-25-46)57(53-31-9-18-41-16-7-8-28-50(41)53)43-21-11-23-45(34-33-43)59-55-30-6-2-5-29-51(55)52-39-48(37-38-56(52)59)58(44-22-14-26-47(36-35-44)61(64)65)54-32-10-17-40-15-3-1-4-27-49(40)54/h1-10,12,16-18,20-24,26-28,30-39,46H,11,13-15,19,25,29H2/b24-12-,42-20+. The number of anilines is 3. The number of nitrogens with zero attached hydrogens (tertiary/aromatic N) is 5. The maximum atomic E-state index is 11.9. The number of hydrogen-bond acceptors (Lipinski definition) is 6. The van der Waals surface area contributed by atoms with Gasteiger partial charge >= 0.3 is 0 Å². The molecule has 0 aliphatic heterocycles. The highest BCUT2D eigenvalue weighted by Crippen LogP contribution is 2.42. The topological polar surface area (TPSA) is 97.7 Å². The molecule has 9 heteroatoms. The largest absolute Gasteiger partial charge is 0.314 e. The zero-order valence-electron chi connectivity index (χ0n) is 35.9. The first-order valence-electron chi connectivity index (χ1n) is 22.3. The van der Waals surface area contributed by atoms with Crippen molar-refractivity contribution in [2.75, 3.05) is 9.80 Å². The number of allylic oxidation sites excluding steroid dienone is 17. The lowest BCUT2D eigenvalue weighted by Gasteiger charge is -2.30. The van der Waals surface area contributed by atoms with Crippen LogP contribution in [0.2, 0.25) is 0 Å². The van der Waals surface area contributed by atoms with Crippen molar-refractivity contribution in [3.63, 3.8) is 0 Å². The molecule has 1 unspecified atom stereocenters. The molecule has 5 aromatic rings. The Hall–Kier alpha value is -8.04. The molecule has 0 fully saturated rings. The molecule has 320 valence electrons. The van der Waals surface area contributed by atoms with E-state index in [4.69, 9.17) is 0 Å². The maximum Gasteiger partial charge on any atom is 0.265 e. The number of hydrogen-bond donors (Lipinski definition) is 0. The fourth-order valence-corrected chi connectivity index (χ4v) is 9.61. The Morgan fingerprint density at radius 1 is 0.631 bits per heavy atom. The Morgan fingerprint density at radius 2 is 1.40 bits per heavy atom. The number of benzene rings is 4. The minimum absolute atomic E-state index is 0.0790. The highest BCUT2D eigenvalue weighted by Gasteiger charge is 2.26. The van der Waals surface area contributed by atoms with Crippen molar-refractivity contribution in [1.82, 2.24) is 4.57 Å². The van der Waals surface area contributed by atoms with Gasteiger partial charge in [-0.3, -0.25) is 20.2 Å². The van der Waals surface area contributed by atoms with Crippen LogP contribution >= 0.6 is 0 Å². The molecule has 0 amide bonds. The summed E-state index contributed by atoms with van der Waals surface area (Å²) in [5.74, 6) is 0. The molecule has 1 aromatic heterocycles. The van der Waals surface area contributed by atoms with Crippen LogP contribution in [0.4, 0.5) is 17.1 Å². The third-order valence-electron chi connectivity index (χ3n) is 12.7. The van der Waals surface area contributed by atoms with Crippen molar-refractivity contribution < 1.29 is 9.85 Å². The second kappa shape index (κ2) is 18.0. The summed E-state index contributed by atoms with van der Waals surface area (Å²) in [6.07, 6.45) is 43.4. The molecule has 10 rings (SSSR count). The summed E-state index contributed by atoms with van der Waals surface area (Å²) >= 11 is 0. The van der Waals surface area contributed by atoms with Crippen LogP contribution in [0, 0.1) is 20.2 Å². The molecule has 1 atom stereocenters. The lowest BCUT2D eigenvalue weighted by atomic mass is 10.0. The predicted octanol–water partition coefficient (Wildman–Crippen LogP) is 13.6. The lowest BCUT2D eigenvalue weighted by Crippen LogP contribution is -2.23. The highest BCUT2D eigenvalue weighted by molar-refractivity contribution is 5.98. The van der Waals surface area contributed by atoms with Crippen LogP contribution in [0.25, 0.3) is 39.5 Å². The fourth-order valence-electron chi connectivity index (χ4n) is 9.61. The predicted molar refractivity (Wildman–Crippen MR) is 266 cm³/mol. The van der Waals surface area contributed by atoms with E-state index in [0.717, 1.165) is 85.6 Å². The molecule has 0 spiro atoms. The zero-order chi connectivity index (χ0) is 44.3. The monoisotopic (exact) mass is 853 g/mol. The SMILES string of the molecule is O=[N+]([O-])C1=CCC=C(N(c2ccc3c(c2)c2c(n3C3=CCC=C(N(/C4=C/CCC([N+](=O)[O-])/C=C\C4)c4cccc5ccccc45)C=C3)C=CC=CC2)c2cccc3c2C=CC=CC3)C=C1. The second-order valence-electron chi connectivity index (χ2n) is 16.6. The maximum absolute atomic E-state index is 11.9. The summed E-state index contributed by atoms with van der Waals surface area (Å²) < 4.78 is 2.37. The Kier molecular flexibility index (Phi) is 11.3. The molecule has 0 saturated heterocycles. The highest BCUT2D eigenvalue weighted by atomic mass is 16.6. The van der Waals surface area contributed by atoms with Crippen molar-refractivity contribution >= 4 is 56.6 Å². The fraction of sp³-hybridized carbons (Fsp3) is 0.143. The molecule has 65 heavy (non-hydrogen) atoms. The van der Waals surface area contributed by atoms with Gasteiger partial charge in [0, 0.05) is 68.7 Å². The van der Waals surface area contributed by atoms with E-state index in [1.807, 2.05) is 12.2 Å². The van der Waals surface area contributed by atoms with Gasteiger partial charge in [-0.2, -0.15) is 0 Å². The Bertz CT molecular complexity index is 3150. The summed E-state index contributed by atoms with van der Waals surface area (Å²) in [7, 11) is 0. The van der Waals surface area contributed by atoms with Gasteiger partial charge < -0.3 is 14.4 Å². The summed E-state index contributed by atoms with van der Waals surface area (Å²) in [5, 5.41) is 27.0. The van der Waals surface area contributed by atoms with Crippen LogP contribution in [-0.2, 0) is 12.8 Å². The van der Waals surface area contributed by atoms with Crippen molar-refractivity contribution in [3.05, 3.63) is 248 Å². The minimum Gasteiger partial charge on any atom is -0.314 e. The second-order valence-corrected chi connectivity index (χ2v) is 16.6. The van der Waals surface area contributed by atoms with E-state index in [1.54, 1.807) is 18.2 Å². The van der Waals surface area contributed by atoms with Crippen LogP contribution in [0.5, 0.6) is 0 Å². The third-order valence-corrected chi connectivity index (χ3v) is 12.7. The Morgan fingerprint density at radius 3 is 2.28 bits per heavy atom. The number of fused-ring (bicyclic) bond motifs is 5. The van der Waals surface area contributed by atoms with Gasteiger partial charge in [0.15, 0.2) is 0 Å². The molecule has 4 aromatic carbocycles. The first-order chi connectivity index (χ1) is 31.9. The molecule has 5 aliphatic rings. The van der Waals surface area contributed by atoms with E-state index in [0.29, 0.717) is 32.1 Å². The zero-order valence-corrected chi connectivity index (χ0v) is 35.9. The van der Waals surface area contributed by atoms with Crippen molar-refractivity contribution in [2.24, 2.45) is 0 Å². The third kappa shape index (κ3) is 8.09. The summed E-state index contributed by atoms with van der Waals surface area (Å²) in [6.45, 7) is 0. The van der Waals surface area contributed by atoms with Gasteiger partial charge in [0.2, 0.25) is 6.04 Å². The Labute approximate surface area is 378 Å². The molecule has 5 aliphatic carbocycles. The number of rotatable bonds is 9. The van der Waals surface area contributed by atoms with Gasteiger partial charge in [-0.15, -0.1) is 0 Å². The van der Waals surface area contributed by atoms with E-state index in [9.17, 15) is 20.2 Å². The van der Waals surface area contributed by atoms with Gasteiger partial charge in [-0.1, -0.05) is 121 Å². The molecule has 0 bridgehead atoms. The summed E-state index contributed by atoms with van der Waals surface area (Å²) in [4.78, 5) is 27.7. The number of aromatic nitrogens is 1. The number of nitro groups is 2. The minimum atomic E-state index is -0.688. The van der Waals surface area contributed by atoms with E-state index >= 15 is 0 Å². The van der Waals surface area contributed by atoms with Crippen molar-refractivity contribution in [2.45, 2.75) is 51.0 Å². The smallest absolute Gasteiger partial charge is 0.265 e. The van der Waals surface area contributed by atoms with Crippen molar-refractivity contribution in [1.29, 1.82) is 0 Å². The van der Waals surface area contributed by atoms with E-state index in [-0.39, 0.29) is 15.5 Å². The van der Waals surface area contributed by atoms with E-state index < -0.39 is 6.04 Å². The van der Waals surface area contributed by atoms with E-state index in [1.165, 1.54) is 11.1 Å². The average molecular weight is 854 g/mol. The van der Waals surface area contributed by atoms with Gasteiger partial charge in [0.1, 0.15) is 0 Å². The summed E-state index contributed by atoms with van der Waals surface area (Å²) in [6, 6.07) is 27.2. The molecule has 0 N–H and O–H groups in total. The van der Waals surface area contributed by atoms with E-state index in [2.05, 4.69) is 178 Å². The molecule has 9 nitrogen and oxygen atoms in total. The first kappa shape index (κ1) is 41.0. The quantitative estimate of drug-likeness (QED) is 0.0832. The van der Waals surface area contributed by atoms with Crippen LogP contribution in [0.15, 0.2) is 205 Å². The Balaban J connectivity index is 1.07. The molecular formula is C56H47N5O4. The lowest BCUT2D eigenvalue weighted by molar-refractivity contribution is -0.510. The van der Waals surface area contributed by atoms with Gasteiger partial charge in [-0.05, 0) is 115 Å². The first-order valence-corrected chi connectivity index (χ1v) is 22.3. The van der Waals surface area contributed by atoms with Gasteiger partial charge in [0.05, 0.1) is 27.5 Å². The van der Waals surface area contributed by atoms with Crippen LogP contribution in [0.3, 0.4) is 0 Å².